The lowest BCUT2D eigenvalue weighted by Gasteiger charge is -2.22. The maximum Gasteiger partial charge on any atom is 0.217 e. The molecule has 0 aliphatic rings. The molecule has 0 aliphatic carbocycles. The van der Waals surface area contributed by atoms with Crippen molar-refractivity contribution >= 4 is 11.8 Å². The predicted molar refractivity (Wildman–Crippen MR) is 59.8 cm³/mol. The molecule has 0 bridgehead atoms. The molecule has 0 aromatic heterocycles. The molecule has 2 N–H and O–H groups in total. The lowest BCUT2D eigenvalue weighted by atomic mass is 10.0. The van der Waals surface area contributed by atoms with Crippen LogP contribution < -0.4 is 10.6 Å². The molecule has 86 valence electrons. The molecule has 0 spiro atoms. The summed E-state index contributed by atoms with van der Waals surface area (Å²) in [4.78, 5) is 21.7. The van der Waals surface area contributed by atoms with Crippen LogP contribution >= 0.6 is 0 Å². The number of amides is 2. The quantitative estimate of drug-likeness (QED) is 0.685. The Hall–Kier alpha value is -1.06. The third-order valence-electron chi connectivity index (χ3n) is 2.08. The molecular formula is C11H20N2O2. The summed E-state index contributed by atoms with van der Waals surface area (Å²) in [5.74, 6) is -0.149. The van der Waals surface area contributed by atoms with Crippen LogP contribution in [0.3, 0.4) is 0 Å². The zero-order valence-electron chi connectivity index (χ0n) is 9.51. The highest BCUT2D eigenvalue weighted by atomic mass is 16.2. The second-order valence-electron chi connectivity index (χ2n) is 3.61. The van der Waals surface area contributed by atoms with E-state index in [1.54, 1.807) is 0 Å². The summed E-state index contributed by atoms with van der Waals surface area (Å²) in [7, 11) is 0. The van der Waals surface area contributed by atoms with Crippen molar-refractivity contribution in [3.63, 3.8) is 0 Å². The maximum absolute atomic E-state index is 10.9. The summed E-state index contributed by atoms with van der Waals surface area (Å²) in [6, 6.07) is 0.00204. The van der Waals surface area contributed by atoms with Crippen LogP contribution in [0.2, 0.25) is 0 Å². The van der Waals surface area contributed by atoms with E-state index in [-0.39, 0.29) is 23.9 Å². The molecule has 4 heteroatoms. The highest BCUT2D eigenvalue weighted by Gasteiger charge is 2.15. The third-order valence-corrected chi connectivity index (χ3v) is 2.08. The minimum atomic E-state index is -0.0747. The Labute approximate surface area is 91.8 Å². The smallest absolute Gasteiger partial charge is 0.217 e. The largest absolute Gasteiger partial charge is 0.354 e. The minimum absolute atomic E-state index is 0.00102. The number of nitrogens with one attached hydrogen (secondary N) is 2. The van der Waals surface area contributed by atoms with E-state index in [4.69, 9.17) is 0 Å². The Morgan fingerprint density at radius 2 is 1.33 bits per heavy atom. The molecule has 0 saturated carbocycles. The molecule has 0 fully saturated rings. The predicted octanol–water partition coefficient (Wildman–Crippen LogP) is 0.834. The molecule has 0 aromatic rings. The number of hydrogen-bond donors (Lipinski definition) is 2. The van der Waals surface area contributed by atoms with Crippen molar-refractivity contribution in [1.29, 1.82) is 0 Å². The van der Waals surface area contributed by atoms with E-state index in [0.717, 1.165) is 0 Å². The molecule has 2 radical (unpaired) electrons. The lowest BCUT2D eigenvalue weighted by molar-refractivity contribution is -0.119. The summed E-state index contributed by atoms with van der Waals surface area (Å²) in [6.07, 6.45) is 1.89. The molecule has 0 heterocycles. The fourth-order valence-electron chi connectivity index (χ4n) is 1.42. The third kappa shape index (κ3) is 6.94. The van der Waals surface area contributed by atoms with Crippen molar-refractivity contribution in [3.05, 3.63) is 13.8 Å². The topological polar surface area (TPSA) is 58.2 Å². The van der Waals surface area contributed by atoms with E-state index in [1.807, 2.05) is 0 Å². The monoisotopic (exact) mass is 212 g/mol. The molecular weight excluding hydrogens is 192 g/mol. The average Bonchev–Trinajstić information content (AvgIpc) is 2.14. The van der Waals surface area contributed by atoms with E-state index >= 15 is 0 Å². The normalized spacial score (nSPS) is 14.1. The maximum atomic E-state index is 10.9. The standard InChI is InChI=1S/C11H20N2O2/c1-5-10(12-8(3)14)7-11(6-2)13-9(4)15/h10-11H,1-2,5-7H2,3-4H3,(H,12,14)(H,13,15). The Bertz CT molecular complexity index is 195. The first kappa shape index (κ1) is 13.9. The van der Waals surface area contributed by atoms with Gasteiger partial charge in [-0.15, -0.1) is 0 Å². The van der Waals surface area contributed by atoms with Crippen LogP contribution in [0.15, 0.2) is 0 Å². The molecule has 4 nitrogen and oxygen atoms in total. The van der Waals surface area contributed by atoms with Crippen LogP contribution in [0.4, 0.5) is 0 Å². The average molecular weight is 212 g/mol. The fraction of sp³-hybridized carbons (Fsp3) is 0.636. The van der Waals surface area contributed by atoms with Crippen molar-refractivity contribution in [2.45, 2.75) is 45.2 Å². The summed E-state index contributed by atoms with van der Waals surface area (Å²) in [5, 5.41) is 5.57. The van der Waals surface area contributed by atoms with Crippen LogP contribution in [0.1, 0.15) is 33.1 Å². The summed E-state index contributed by atoms with van der Waals surface area (Å²) in [5.41, 5.74) is 0. The molecule has 0 aliphatic heterocycles. The Morgan fingerprint density at radius 1 is 1.00 bits per heavy atom. The molecule has 0 saturated heterocycles. The van der Waals surface area contributed by atoms with Gasteiger partial charge in [0.2, 0.25) is 11.8 Å². The molecule has 2 amide bonds. The second kappa shape index (κ2) is 7.26. The van der Waals surface area contributed by atoms with Gasteiger partial charge in [-0.2, -0.15) is 0 Å². The van der Waals surface area contributed by atoms with Crippen molar-refractivity contribution < 1.29 is 9.59 Å². The van der Waals surface area contributed by atoms with Gasteiger partial charge in [0.25, 0.3) is 0 Å². The van der Waals surface area contributed by atoms with Gasteiger partial charge >= 0.3 is 0 Å². The summed E-state index contributed by atoms with van der Waals surface area (Å²) in [6.45, 7) is 10.5. The van der Waals surface area contributed by atoms with E-state index in [0.29, 0.717) is 19.3 Å². The van der Waals surface area contributed by atoms with Gasteiger partial charge in [-0.05, 0) is 19.3 Å². The number of rotatable bonds is 6. The zero-order chi connectivity index (χ0) is 11.8. The van der Waals surface area contributed by atoms with Gasteiger partial charge in [-0.25, -0.2) is 0 Å². The highest BCUT2D eigenvalue weighted by molar-refractivity contribution is 5.73. The summed E-state index contributed by atoms with van der Waals surface area (Å²) >= 11 is 0. The van der Waals surface area contributed by atoms with Crippen LogP contribution in [0, 0.1) is 13.8 Å². The van der Waals surface area contributed by atoms with Crippen LogP contribution in [-0.2, 0) is 9.59 Å². The van der Waals surface area contributed by atoms with E-state index in [9.17, 15) is 9.59 Å². The minimum Gasteiger partial charge on any atom is -0.354 e. The van der Waals surface area contributed by atoms with Crippen molar-refractivity contribution in [3.8, 4) is 0 Å². The van der Waals surface area contributed by atoms with Gasteiger partial charge in [0.1, 0.15) is 0 Å². The van der Waals surface area contributed by atoms with Gasteiger partial charge in [-0.1, -0.05) is 13.8 Å². The number of hydrogen-bond acceptors (Lipinski definition) is 2. The Kier molecular flexibility index (Phi) is 6.75. The van der Waals surface area contributed by atoms with E-state index < -0.39 is 0 Å². The van der Waals surface area contributed by atoms with Gasteiger partial charge in [-0.3, -0.25) is 9.59 Å². The van der Waals surface area contributed by atoms with Gasteiger partial charge < -0.3 is 10.6 Å². The molecule has 0 aromatic carbocycles. The fourth-order valence-corrected chi connectivity index (χ4v) is 1.42. The van der Waals surface area contributed by atoms with Crippen LogP contribution in [0.5, 0.6) is 0 Å². The molecule has 2 unspecified atom stereocenters. The first-order chi connectivity index (χ1) is 6.99. The van der Waals surface area contributed by atoms with Crippen LogP contribution in [0.25, 0.3) is 0 Å². The van der Waals surface area contributed by atoms with Gasteiger partial charge in [0.15, 0.2) is 0 Å². The van der Waals surface area contributed by atoms with Crippen molar-refractivity contribution in [2.24, 2.45) is 0 Å². The first-order valence-corrected chi connectivity index (χ1v) is 5.12. The number of carbonyl (C=O) groups excluding carboxylic acids is 2. The Morgan fingerprint density at radius 3 is 1.53 bits per heavy atom. The summed E-state index contributed by atoms with van der Waals surface area (Å²) < 4.78 is 0. The number of carbonyl (C=O) groups is 2. The van der Waals surface area contributed by atoms with Crippen LogP contribution in [-0.4, -0.2) is 23.9 Å². The highest BCUT2D eigenvalue weighted by Crippen LogP contribution is 2.05. The lowest BCUT2D eigenvalue weighted by Crippen LogP contribution is -2.41. The van der Waals surface area contributed by atoms with Gasteiger partial charge in [0, 0.05) is 25.9 Å². The molecule has 0 rings (SSSR count). The zero-order valence-corrected chi connectivity index (χ0v) is 9.51. The van der Waals surface area contributed by atoms with E-state index in [2.05, 4.69) is 24.5 Å². The van der Waals surface area contributed by atoms with Crippen molar-refractivity contribution in [1.82, 2.24) is 10.6 Å². The van der Waals surface area contributed by atoms with E-state index in [1.165, 1.54) is 13.8 Å². The SMILES string of the molecule is [CH2]CC(CC(C[CH2])NC(C)=O)NC(C)=O. The Balaban J connectivity index is 4.10. The molecule has 2 atom stereocenters. The second-order valence-corrected chi connectivity index (χ2v) is 3.61. The van der Waals surface area contributed by atoms with Crippen molar-refractivity contribution in [2.75, 3.05) is 0 Å². The van der Waals surface area contributed by atoms with Gasteiger partial charge in [0.05, 0.1) is 0 Å². The molecule has 15 heavy (non-hydrogen) atoms. The first-order valence-electron chi connectivity index (χ1n) is 5.12.